The van der Waals surface area contributed by atoms with Crippen LogP contribution in [0.3, 0.4) is 0 Å². The van der Waals surface area contributed by atoms with Crippen molar-refractivity contribution in [2.75, 3.05) is 11.9 Å². The molecule has 0 fully saturated rings. The van der Waals surface area contributed by atoms with Gasteiger partial charge in [-0.3, -0.25) is 4.79 Å². The van der Waals surface area contributed by atoms with Gasteiger partial charge >= 0.3 is 6.18 Å². The molecule has 0 spiro atoms. The van der Waals surface area contributed by atoms with Gasteiger partial charge in [-0.25, -0.2) is 0 Å². The summed E-state index contributed by atoms with van der Waals surface area (Å²) in [6.45, 7) is 0.515. The van der Waals surface area contributed by atoms with Crippen molar-refractivity contribution in [2.45, 2.75) is 12.7 Å². The minimum atomic E-state index is -4.53. The van der Waals surface area contributed by atoms with E-state index in [1.807, 2.05) is 16.8 Å². The van der Waals surface area contributed by atoms with E-state index < -0.39 is 11.7 Å². The Morgan fingerprint density at radius 3 is 2.60 bits per heavy atom. The molecular weight excluding hydrogens is 287 g/mol. The number of rotatable bonds is 4. The summed E-state index contributed by atoms with van der Waals surface area (Å²) in [6, 6.07) is 5.66. The molecule has 0 N–H and O–H groups in total. The number of hydrogen-bond acceptors (Lipinski definition) is 3. The molecule has 0 radical (unpaired) electrons. The smallest absolute Gasteiger partial charge is 0.370 e. The fourth-order valence-electron chi connectivity index (χ4n) is 1.88. The van der Waals surface area contributed by atoms with Crippen LogP contribution in [-0.4, -0.2) is 13.3 Å². The average Bonchev–Trinajstić information content (AvgIpc) is 2.89. The molecule has 2 nitrogen and oxygen atoms in total. The molecule has 20 heavy (non-hydrogen) atoms. The van der Waals surface area contributed by atoms with Crippen LogP contribution >= 0.6 is 11.3 Å². The number of carbonyl (C=O) groups excluding carboxylic acids is 1. The number of nitrogens with zero attached hydrogens (tertiary/aromatic N) is 1. The van der Waals surface area contributed by atoms with Crippen molar-refractivity contribution in [3.8, 4) is 0 Å². The summed E-state index contributed by atoms with van der Waals surface area (Å²) in [7, 11) is 1.72. The summed E-state index contributed by atoms with van der Waals surface area (Å²) >= 11 is 1.54. The third-order valence-electron chi connectivity index (χ3n) is 2.91. The van der Waals surface area contributed by atoms with Gasteiger partial charge in [-0.15, -0.1) is 0 Å². The van der Waals surface area contributed by atoms with E-state index in [1.165, 1.54) is 23.5 Å². The molecule has 1 heterocycles. The molecule has 0 bridgehead atoms. The molecule has 2 rings (SSSR count). The topological polar surface area (TPSA) is 20.3 Å². The van der Waals surface area contributed by atoms with Crippen LogP contribution in [0.4, 0.5) is 18.9 Å². The van der Waals surface area contributed by atoms with Gasteiger partial charge in [0.15, 0.2) is 6.29 Å². The Hall–Kier alpha value is -1.82. The highest BCUT2D eigenvalue weighted by Crippen LogP contribution is 2.34. The molecule has 0 aliphatic heterocycles. The van der Waals surface area contributed by atoms with Crippen LogP contribution in [0.25, 0.3) is 0 Å². The van der Waals surface area contributed by atoms with Gasteiger partial charge in [0.05, 0.1) is 5.56 Å². The van der Waals surface area contributed by atoms with Crippen molar-refractivity contribution < 1.29 is 18.0 Å². The summed E-state index contributed by atoms with van der Waals surface area (Å²) in [4.78, 5) is 12.4. The monoisotopic (exact) mass is 299 g/mol. The zero-order chi connectivity index (χ0) is 14.8. The van der Waals surface area contributed by atoms with Crippen molar-refractivity contribution in [1.29, 1.82) is 0 Å². The van der Waals surface area contributed by atoms with Crippen LogP contribution in [0.1, 0.15) is 21.5 Å². The van der Waals surface area contributed by atoms with Gasteiger partial charge in [-0.05, 0) is 40.6 Å². The van der Waals surface area contributed by atoms with Gasteiger partial charge in [0, 0.05) is 24.8 Å². The van der Waals surface area contributed by atoms with Gasteiger partial charge in [0.2, 0.25) is 0 Å². The van der Waals surface area contributed by atoms with E-state index in [0.717, 1.165) is 11.6 Å². The van der Waals surface area contributed by atoms with Crippen molar-refractivity contribution in [2.24, 2.45) is 0 Å². The van der Waals surface area contributed by atoms with Crippen molar-refractivity contribution >= 4 is 23.3 Å². The number of thiophene rings is 1. The molecule has 0 saturated heterocycles. The number of hydrogen-bond donors (Lipinski definition) is 0. The number of alkyl halides is 3. The zero-order valence-corrected chi connectivity index (χ0v) is 11.5. The fraction of sp³-hybridized carbons (Fsp3) is 0.214. The summed E-state index contributed by atoms with van der Waals surface area (Å²) in [5.41, 5.74) is 0.215. The van der Waals surface area contributed by atoms with Crippen molar-refractivity contribution in [1.82, 2.24) is 0 Å². The summed E-state index contributed by atoms with van der Waals surface area (Å²) in [5.74, 6) is 0. The first kappa shape index (κ1) is 14.6. The molecule has 1 aromatic carbocycles. The molecule has 0 amide bonds. The van der Waals surface area contributed by atoms with E-state index in [4.69, 9.17) is 0 Å². The Morgan fingerprint density at radius 2 is 2.05 bits per heavy atom. The van der Waals surface area contributed by atoms with Gasteiger partial charge in [0.25, 0.3) is 0 Å². The molecule has 106 valence electrons. The molecule has 0 saturated carbocycles. The minimum absolute atomic E-state index is 0.228. The van der Waals surface area contributed by atoms with E-state index in [-0.39, 0.29) is 11.8 Å². The Bertz CT molecular complexity index is 593. The third kappa shape index (κ3) is 3.19. The third-order valence-corrected chi connectivity index (χ3v) is 3.64. The van der Waals surface area contributed by atoms with Crippen molar-refractivity contribution in [3.05, 3.63) is 51.7 Å². The van der Waals surface area contributed by atoms with Crippen LogP contribution < -0.4 is 4.90 Å². The highest BCUT2D eigenvalue weighted by molar-refractivity contribution is 7.07. The number of carbonyl (C=O) groups is 1. The Morgan fingerprint density at radius 1 is 1.30 bits per heavy atom. The Kier molecular flexibility index (Phi) is 4.13. The summed E-state index contributed by atoms with van der Waals surface area (Å²) < 4.78 is 38.6. The maximum Gasteiger partial charge on any atom is 0.417 e. The van der Waals surface area contributed by atoms with E-state index in [0.29, 0.717) is 12.2 Å². The highest BCUT2D eigenvalue weighted by atomic mass is 32.1. The van der Waals surface area contributed by atoms with Gasteiger partial charge in [-0.2, -0.15) is 24.5 Å². The second-order valence-electron chi connectivity index (χ2n) is 4.37. The van der Waals surface area contributed by atoms with Gasteiger partial charge in [-0.1, -0.05) is 0 Å². The number of halogens is 3. The molecule has 0 aliphatic rings. The molecule has 0 aliphatic carbocycles. The standard InChI is InChI=1S/C14H12F3NOS/c1-18(7-10-4-5-20-9-10)12-3-2-11(8-19)13(6-12)14(15,16)17/h2-6,8-9H,7H2,1H3. The lowest BCUT2D eigenvalue weighted by atomic mass is 10.1. The molecule has 0 unspecified atom stereocenters. The number of aldehydes is 1. The predicted molar refractivity (Wildman–Crippen MR) is 73.3 cm³/mol. The van der Waals surface area contributed by atoms with E-state index >= 15 is 0 Å². The SMILES string of the molecule is CN(Cc1ccsc1)c1ccc(C=O)c(C(F)(F)F)c1. The normalized spacial score (nSPS) is 11.4. The van der Waals surface area contributed by atoms with E-state index in [1.54, 1.807) is 11.9 Å². The Balaban J connectivity index is 2.31. The minimum Gasteiger partial charge on any atom is -0.370 e. The lowest BCUT2D eigenvalue weighted by molar-refractivity contribution is -0.137. The van der Waals surface area contributed by atoms with E-state index in [9.17, 15) is 18.0 Å². The van der Waals surface area contributed by atoms with Crippen molar-refractivity contribution in [3.63, 3.8) is 0 Å². The molecule has 0 atom stereocenters. The van der Waals surface area contributed by atoms with Crippen LogP contribution in [0.5, 0.6) is 0 Å². The first-order chi connectivity index (χ1) is 9.41. The van der Waals surface area contributed by atoms with Crippen LogP contribution in [0.2, 0.25) is 0 Å². The second-order valence-corrected chi connectivity index (χ2v) is 5.15. The van der Waals surface area contributed by atoms with E-state index in [2.05, 4.69) is 0 Å². The maximum atomic E-state index is 12.9. The molecule has 2 aromatic rings. The fourth-order valence-corrected chi connectivity index (χ4v) is 2.54. The Labute approximate surface area is 118 Å². The number of benzene rings is 1. The maximum absolute atomic E-state index is 12.9. The summed E-state index contributed by atoms with van der Waals surface area (Å²) in [5, 5.41) is 3.86. The predicted octanol–water partition coefficient (Wildman–Crippen LogP) is 4.22. The van der Waals surface area contributed by atoms with Gasteiger partial charge < -0.3 is 4.90 Å². The van der Waals surface area contributed by atoms with Crippen LogP contribution in [0.15, 0.2) is 35.0 Å². The highest BCUT2D eigenvalue weighted by Gasteiger charge is 2.33. The molecule has 1 aromatic heterocycles. The lowest BCUT2D eigenvalue weighted by Crippen LogP contribution is -2.18. The van der Waals surface area contributed by atoms with Crippen LogP contribution in [-0.2, 0) is 12.7 Å². The second kappa shape index (κ2) is 5.66. The average molecular weight is 299 g/mol. The zero-order valence-electron chi connectivity index (χ0n) is 10.6. The molecular formula is C14H12F3NOS. The quantitative estimate of drug-likeness (QED) is 0.788. The first-order valence-electron chi connectivity index (χ1n) is 5.80. The first-order valence-corrected chi connectivity index (χ1v) is 6.74. The molecule has 6 heteroatoms. The largest absolute Gasteiger partial charge is 0.417 e. The van der Waals surface area contributed by atoms with Gasteiger partial charge in [0.1, 0.15) is 0 Å². The lowest BCUT2D eigenvalue weighted by Gasteiger charge is -2.20. The number of anilines is 1. The van der Waals surface area contributed by atoms with Crippen LogP contribution in [0, 0.1) is 0 Å². The summed E-state index contributed by atoms with van der Waals surface area (Å²) in [6.07, 6.45) is -4.30.